The van der Waals surface area contributed by atoms with E-state index in [0.29, 0.717) is 0 Å². The fourth-order valence-electron chi connectivity index (χ4n) is 1.54. The zero-order valence-corrected chi connectivity index (χ0v) is 10.1. The molecule has 0 spiro atoms. The summed E-state index contributed by atoms with van der Waals surface area (Å²) >= 11 is 1.54. The molecule has 17 heavy (non-hydrogen) atoms. The van der Waals surface area contributed by atoms with Crippen molar-refractivity contribution in [2.24, 2.45) is 0 Å². The summed E-state index contributed by atoms with van der Waals surface area (Å²) in [7, 11) is 1.92. The van der Waals surface area contributed by atoms with E-state index in [1.54, 1.807) is 17.5 Å². The van der Waals surface area contributed by atoms with Gasteiger partial charge in [0.2, 0.25) is 0 Å². The van der Waals surface area contributed by atoms with Gasteiger partial charge in [0, 0.05) is 24.3 Å². The van der Waals surface area contributed by atoms with E-state index in [-0.39, 0.29) is 6.42 Å². The van der Waals surface area contributed by atoms with Crippen LogP contribution in [0.5, 0.6) is 0 Å². The summed E-state index contributed by atoms with van der Waals surface area (Å²) in [6.45, 7) is 0. The molecule has 0 saturated heterocycles. The number of hydrogen-bond donors (Lipinski definition) is 1. The molecule has 0 aliphatic carbocycles. The first-order valence-corrected chi connectivity index (χ1v) is 5.99. The van der Waals surface area contributed by atoms with Crippen LogP contribution >= 0.6 is 11.3 Å². The molecular weight excluding hydrogens is 236 g/mol. The number of thiazole rings is 1. The molecule has 1 N–H and O–H groups in total. The van der Waals surface area contributed by atoms with Gasteiger partial charge in [0.25, 0.3) is 0 Å². The minimum atomic E-state index is -0.820. The molecule has 0 saturated carbocycles. The van der Waals surface area contributed by atoms with Gasteiger partial charge < -0.3 is 10.0 Å². The molecule has 0 amide bonds. The Hall–Kier alpha value is -1.88. The van der Waals surface area contributed by atoms with Gasteiger partial charge in [-0.2, -0.15) is 0 Å². The SMILES string of the molecule is CN(c1cccc(CC(=O)O)c1)c1nccs1. The second kappa shape index (κ2) is 4.97. The van der Waals surface area contributed by atoms with Gasteiger partial charge in [-0.15, -0.1) is 11.3 Å². The molecule has 0 atom stereocenters. The predicted octanol–water partition coefficient (Wildman–Crippen LogP) is 2.54. The van der Waals surface area contributed by atoms with Crippen LogP contribution in [0.4, 0.5) is 10.8 Å². The Morgan fingerprint density at radius 3 is 3.00 bits per heavy atom. The van der Waals surface area contributed by atoms with Crippen LogP contribution in [0.3, 0.4) is 0 Å². The van der Waals surface area contributed by atoms with Crippen LogP contribution < -0.4 is 4.90 Å². The van der Waals surface area contributed by atoms with Crippen molar-refractivity contribution >= 4 is 28.1 Å². The van der Waals surface area contributed by atoms with Gasteiger partial charge in [-0.1, -0.05) is 12.1 Å². The van der Waals surface area contributed by atoms with E-state index in [4.69, 9.17) is 5.11 Å². The first kappa shape index (κ1) is 11.6. The number of nitrogens with zero attached hydrogens (tertiary/aromatic N) is 2. The van der Waals surface area contributed by atoms with E-state index in [1.165, 1.54) is 0 Å². The number of rotatable bonds is 4. The number of benzene rings is 1. The van der Waals surface area contributed by atoms with Crippen molar-refractivity contribution in [2.75, 3.05) is 11.9 Å². The van der Waals surface area contributed by atoms with Gasteiger partial charge >= 0.3 is 5.97 Å². The van der Waals surface area contributed by atoms with E-state index in [0.717, 1.165) is 16.4 Å². The van der Waals surface area contributed by atoms with Gasteiger partial charge in [0.15, 0.2) is 5.13 Å². The van der Waals surface area contributed by atoms with Crippen molar-refractivity contribution in [1.29, 1.82) is 0 Å². The molecule has 0 aliphatic heterocycles. The van der Waals surface area contributed by atoms with Gasteiger partial charge in [0.05, 0.1) is 6.42 Å². The summed E-state index contributed by atoms with van der Waals surface area (Å²) < 4.78 is 0. The second-order valence-electron chi connectivity index (χ2n) is 3.61. The third-order valence-corrected chi connectivity index (χ3v) is 3.21. The van der Waals surface area contributed by atoms with Crippen molar-refractivity contribution in [2.45, 2.75) is 6.42 Å². The lowest BCUT2D eigenvalue weighted by Crippen LogP contribution is -2.09. The summed E-state index contributed by atoms with van der Waals surface area (Å²) in [5, 5.41) is 11.6. The van der Waals surface area contributed by atoms with Crippen molar-refractivity contribution in [3.63, 3.8) is 0 Å². The number of anilines is 2. The number of carbonyl (C=O) groups is 1. The number of carboxylic acid groups (broad SMARTS) is 1. The fraction of sp³-hybridized carbons (Fsp3) is 0.167. The van der Waals surface area contributed by atoms with Crippen molar-refractivity contribution in [1.82, 2.24) is 4.98 Å². The number of aromatic nitrogens is 1. The molecular formula is C12H12N2O2S. The molecule has 1 aromatic heterocycles. The van der Waals surface area contributed by atoms with Gasteiger partial charge in [-0.3, -0.25) is 4.79 Å². The monoisotopic (exact) mass is 248 g/mol. The standard InChI is InChI=1S/C12H12N2O2S/c1-14(12-13-5-6-17-12)10-4-2-3-9(7-10)8-11(15)16/h2-7H,8H2,1H3,(H,15,16). The van der Waals surface area contributed by atoms with E-state index in [9.17, 15) is 4.79 Å². The van der Waals surface area contributed by atoms with E-state index in [2.05, 4.69) is 4.98 Å². The largest absolute Gasteiger partial charge is 0.481 e. The first-order valence-electron chi connectivity index (χ1n) is 5.11. The molecule has 5 heteroatoms. The van der Waals surface area contributed by atoms with Crippen LogP contribution in [0.15, 0.2) is 35.8 Å². The molecule has 0 aliphatic rings. The van der Waals surface area contributed by atoms with Crippen LogP contribution in [0.25, 0.3) is 0 Å². The second-order valence-corrected chi connectivity index (χ2v) is 4.49. The van der Waals surface area contributed by atoms with Crippen LogP contribution in [0.1, 0.15) is 5.56 Å². The number of aliphatic carboxylic acids is 1. The highest BCUT2D eigenvalue weighted by molar-refractivity contribution is 7.13. The van der Waals surface area contributed by atoms with E-state index >= 15 is 0 Å². The average Bonchev–Trinajstić information content (AvgIpc) is 2.81. The Labute approximate surface area is 103 Å². The molecule has 1 aromatic carbocycles. The van der Waals surface area contributed by atoms with Crippen molar-refractivity contribution in [3.05, 3.63) is 41.4 Å². The highest BCUT2D eigenvalue weighted by Crippen LogP contribution is 2.25. The maximum atomic E-state index is 10.7. The summed E-state index contributed by atoms with van der Waals surface area (Å²) in [6, 6.07) is 7.48. The quantitative estimate of drug-likeness (QED) is 0.903. The average molecular weight is 248 g/mol. The minimum absolute atomic E-state index is 0.0412. The lowest BCUT2D eigenvalue weighted by Gasteiger charge is -2.16. The van der Waals surface area contributed by atoms with E-state index < -0.39 is 5.97 Å². The van der Waals surface area contributed by atoms with Gasteiger partial charge in [0.1, 0.15) is 0 Å². The fourth-order valence-corrected chi connectivity index (χ4v) is 2.17. The maximum Gasteiger partial charge on any atom is 0.307 e. The molecule has 2 aromatic rings. The highest BCUT2D eigenvalue weighted by atomic mass is 32.1. The molecule has 4 nitrogen and oxygen atoms in total. The smallest absolute Gasteiger partial charge is 0.307 e. The van der Waals surface area contributed by atoms with E-state index in [1.807, 2.05) is 41.6 Å². The summed E-state index contributed by atoms with van der Waals surface area (Å²) in [6.07, 6.45) is 1.79. The van der Waals surface area contributed by atoms with Gasteiger partial charge in [-0.05, 0) is 17.7 Å². The lowest BCUT2D eigenvalue weighted by atomic mass is 10.1. The molecule has 0 radical (unpaired) electrons. The Kier molecular flexibility index (Phi) is 3.39. The lowest BCUT2D eigenvalue weighted by molar-refractivity contribution is -0.136. The first-order chi connectivity index (χ1) is 8.16. The zero-order chi connectivity index (χ0) is 12.3. The molecule has 0 unspecified atom stereocenters. The Morgan fingerprint density at radius 1 is 1.53 bits per heavy atom. The third kappa shape index (κ3) is 2.82. The highest BCUT2D eigenvalue weighted by Gasteiger charge is 2.07. The normalized spacial score (nSPS) is 10.2. The third-order valence-electron chi connectivity index (χ3n) is 2.36. The molecule has 0 bridgehead atoms. The van der Waals surface area contributed by atoms with Crippen molar-refractivity contribution in [3.8, 4) is 0 Å². The predicted molar refractivity (Wildman–Crippen MR) is 68.0 cm³/mol. The summed E-state index contributed by atoms with van der Waals surface area (Å²) in [5.74, 6) is -0.820. The summed E-state index contributed by atoms with van der Waals surface area (Å²) in [4.78, 5) is 16.8. The number of hydrogen-bond acceptors (Lipinski definition) is 4. The Balaban J connectivity index is 2.24. The van der Waals surface area contributed by atoms with Crippen LogP contribution in [-0.2, 0) is 11.2 Å². The summed E-state index contributed by atoms with van der Waals surface area (Å²) in [5.41, 5.74) is 1.73. The topological polar surface area (TPSA) is 53.4 Å². The Morgan fingerprint density at radius 2 is 2.35 bits per heavy atom. The van der Waals surface area contributed by atoms with Crippen molar-refractivity contribution < 1.29 is 9.90 Å². The van der Waals surface area contributed by atoms with Crippen LogP contribution in [0.2, 0.25) is 0 Å². The van der Waals surface area contributed by atoms with Crippen LogP contribution in [-0.4, -0.2) is 23.1 Å². The Bertz CT molecular complexity index is 511. The molecule has 1 heterocycles. The van der Waals surface area contributed by atoms with Crippen LogP contribution in [0, 0.1) is 0 Å². The maximum absolute atomic E-state index is 10.7. The van der Waals surface area contributed by atoms with Gasteiger partial charge in [-0.25, -0.2) is 4.98 Å². The molecule has 88 valence electrons. The number of carboxylic acids is 1. The minimum Gasteiger partial charge on any atom is -0.481 e. The molecule has 0 fully saturated rings. The zero-order valence-electron chi connectivity index (χ0n) is 9.33. The molecule has 2 rings (SSSR count).